The summed E-state index contributed by atoms with van der Waals surface area (Å²) in [5, 5.41) is 5.09. The van der Waals surface area contributed by atoms with Crippen molar-refractivity contribution in [3.8, 4) is 0 Å². The van der Waals surface area contributed by atoms with Gasteiger partial charge in [-0.3, -0.25) is 9.48 Å². The number of nitrogens with zero attached hydrogens (tertiary/aromatic N) is 3. The van der Waals surface area contributed by atoms with Crippen molar-refractivity contribution in [1.82, 2.24) is 14.7 Å². The van der Waals surface area contributed by atoms with Gasteiger partial charge in [-0.25, -0.2) is 4.79 Å². The Balaban J connectivity index is 1.69. The first-order chi connectivity index (χ1) is 12.5. The third-order valence-electron chi connectivity index (χ3n) is 4.65. The van der Waals surface area contributed by atoms with Crippen LogP contribution in [0.1, 0.15) is 40.2 Å². The zero-order chi connectivity index (χ0) is 18.7. The van der Waals surface area contributed by atoms with Gasteiger partial charge < -0.3 is 9.64 Å². The molecule has 1 aromatic heterocycles. The van der Waals surface area contributed by atoms with Crippen LogP contribution in [0.3, 0.4) is 0 Å². The first-order valence-electron chi connectivity index (χ1n) is 8.69. The van der Waals surface area contributed by atoms with Gasteiger partial charge in [-0.05, 0) is 38.3 Å². The molecule has 1 amide bonds. The van der Waals surface area contributed by atoms with Crippen molar-refractivity contribution in [2.45, 2.75) is 33.2 Å². The summed E-state index contributed by atoms with van der Waals surface area (Å²) in [7, 11) is 0. The van der Waals surface area contributed by atoms with E-state index in [9.17, 15) is 9.59 Å². The number of rotatable bonds is 5. The summed E-state index contributed by atoms with van der Waals surface area (Å²) < 4.78 is 6.97. The highest BCUT2D eigenvalue weighted by Crippen LogP contribution is 2.20. The summed E-state index contributed by atoms with van der Waals surface area (Å²) in [6.45, 7) is 5.29. The smallest absolute Gasteiger partial charge is 0.342 e. The van der Waals surface area contributed by atoms with Gasteiger partial charge in [0.15, 0.2) is 6.61 Å². The van der Waals surface area contributed by atoms with Gasteiger partial charge >= 0.3 is 5.97 Å². The summed E-state index contributed by atoms with van der Waals surface area (Å²) in [4.78, 5) is 26.2. The first-order valence-corrected chi connectivity index (χ1v) is 9.07. The topological polar surface area (TPSA) is 64.4 Å². The molecule has 3 rings (SSSR count). The molecule has 0 radical (unpaired) electrons. The monoisotopic (exact) mass is 375 g/mol. The number of amides is 1. The molecule has 2 heterocycles. The Bertz CT molecular complexity index is 825. The molecule has 0 unspecified atom stereocenters. The van der Waals surface area contributed by atoms with Gasteiger partial charge in [0.05, 0.1) is 17.9 Å². The fourth-order valence-electron chi connectivity index (χ4n) is 3.19. The third-order valence-corrected chi connectivity index (χ3v) is 5.02. The van der Waals surface area contributed by atoms with Gasteiger partial charge in [0.25, 0.3) is 5.91 Å². The van der Waals surface area contributed by atoms with Crippen molar-refractivity contribution >= 4 is 23.5 Å². The second-order valence-corrected chi connectivity index (χ2v) is 6.87. The summed E-state index contributed by atoms with van der Waals surface area (Å²) in [6.07, 6.45) is 2.01. The van der Waals surface area contributed by atoms with Crippen LogP contribution in [0, 0.1) is 13.8 Å². The predicted octanol–water partition coefficient (Wildman–Crippen LogP) is 2.98. The van der Waals surface area contributed by atoms with E-state index >= 15 is 0 Å². The molecule has 0 aliphatic carbocycles. The number of carbonyl (C=O) groups is 2. The zero-order valence-corrected chi connectivity index (χ0v) is 15.8. The largest absolute Gasteiger partial charge is 0.452 e. The summed E-state index contributed by atoms with van der Waals surface area (Å²) >= 11 is 6.21. The van der Waals surface area contributed by atoms with Crippen LogP contribution in [0.25, 0.3) is 0 Å². The Morgan fingerprint density at radius 1 is 1.19 bits per heavy atom. The van der Waals surface area contributed by atoms with E-state index in [1.165, 1.54) is 0 Å². The number of carbonyl (C=O) groups excluding carboxylic acids is 2. The molecular weight excluding hydrogens is 354 g/mol. The van der Waals surface area contributed by atoms with Crippen molar-refractivity contribution in [1.29, 1.82) is 0 Å². The fraction of sp³-hybridized carbons (Fsp3) is 0.421. The van der Waals surface area contributed by atoms with Crippen LogP contribution in [0.2, 0.25) is 5.02 Å². The maximum Gasteiger partial charge on any atom is 0.342 e. The number of hydrogen-bond acceptors (Lipinski definition) is 4. The van der Waals surface area contributed by atoms with Crippen LogP contribution in [0.5, 0.6) is 0 Å². The number of aryl methyl sites for hydroxylation is 1. The standard InChI is InChI=1S/C19H22ClN3O3/c1-13-18(19(25)26-12-17(24)22-9-5-6-10-22)14(2)23(21-13)11-15-7-3-4-8-16(15)20/h3-4,7-8H,5-6,9-12H2,1-2H3. The van der Waals surface area contributed by atoms with Crippen LogP contribution in [-0.2, 0) is 16.1 Å². The van der Waals surface area contributed by atoms with E-state index in [0.717, 1.165) is 31.5 Å². The number of esters is 1. The molecule has 6 nitrogen and oxygen atoms in total. The van der Waals surface area contributed by atoms with Crippen molar-refractivity contribution in [2.75, 3.05) is 19.7 Å². The molecule has 0 spiro atoms. The Hall–Kier alpha value is -2.34. The lowest BCUT2D eigenvalue weighted by molar-refractivity contribution is -0.133. The van der Waals surface area contributed by atoms with Crippen LogP contribution in [-0.4, -0.2) is 46.3 Å². The molecule has 1 saturated heterocycles. The van der Waals surface area contributed by atoms with Gasteiger partial charge in [-0.2, -0.15) is 5.10 Å². The van der Waals surface area contributed by atoms with E-state index in [-0.39, 0.29) is 12.5 Å². The molecule has 1 aliphatic heterocycles. The van der Waals surface area contributed by atoms with Crippen molar-refractivity contribution in [2.24, 2.45) is 0 Å². The number of ether oxygens (including phenoxy) is 1. The molecule has 1 fully saturated rings. The SMILES string of the molecule is Cc1nn(Cc2ccccc2Cl)c(C)c1C(=O)OCC(=O)N1CCCC1. The summed E-state index contributed by atoms with van der Waals surface area (Å²) in [5.41, 5.74) is 2.60. The van der Waals surface area contributed by atoms with E-state index in [2.05, 4.69) is 5.10 Å². The highest BCUT2D eigenvalue weighted by molar-refractivity contribution is 6.31. The zero-order valence-electron chi connectivity index (χ0n) is 15.0. The molecule has 0 atom stereocenters. The predicted molar refractivity (Wildman–Crippen MR) is 98.4 cm³/mol. The number of aromatic nitrogens is 2. The van der Waals surface area contributed by atoms with Gasteiger partial charge in [-0.1, -0.05) is 29.8 Å². The molecule has 0 saturated carbocycles. The van der Waals surface area contributed by atoms with Gasteiger partial charge in [0.2, 0.25) is 0 Å². The fourth-order valence-corrected chi connectivity index (χ4v) is 3.39. The lowest BCUT2D eigenvalue weighted by atomic mass is 10.2. The number of benzene rings is 1. The molecule has 2 aromatic rings. The second-order valence-electron chi connectivity index (χ2n) is 6.46. The quantitative estimate of drug-likeness (QED) is 0.753. The van der Waals surface area contributed by atoms with Crippen LogP contribution < -0.4 is 0 Å². The molecular formula is C19H22ClN3O3. The molecule has 0 bridgehead atoms. The minimum Gasteiger partial charge on any atom is -0.452 e. The number of likely N-dealkylation sites (tertiary alicyclic amines) is 1. The highest BCUT2D eigenvalue weighted by atomic mass is 35.5. The lowest BCUT2D eigenvalue weighted by Crippen LogP contribution is -2.32. The van der Waals surface area contributed by atoms with Crippen LogP contribution in [0.15, 0.2) is 24.3 Å². The van der Waals surface area contributed by atoms with Crippen LogP contribution in [0.4, 0.5) is 0 Å². The van der Waals surface area contributed by atoms with E-state index in [1.54, 1.807) is 16.5 Å². The van der Waals surface area contributed by atoms with Gasteiger partial charge in [0, 0.05) is 18.1 Å². The van der Waals surface area contributed by atoms with Crippen molar-refractivity contribution in [3.05, 3.63) is 51.8 Å². The number of halogens is 1. The molecule has 1 aliphatic rings. The summed E-state index contributed by atoms with van der Waals surface area (Å²) in [6, 6.07) is 7.52. The second kappa shape index (κ2) is 7.91. The average Bonchev–Trinajstić information content (AvgIpc) is 3.24. The van der Waals surface area contributed by atoms with E-state index in [0.29, 0.717) is 28.5 Å². The first kappa shape index (κ1) is 18.5. The van der Waals surface area contributed by atoms with Gasteiger partial charge in [0.1, 0.15) is 5.56 Å². The Morgan fingerprint density at radius 3 is 2.58 bits per heavy atom. The number of hydrogen-bond donors (Lipinski definition) is 0. The van der Waals surface area contributed by atoms with Gasteiger partial charge in [-0.15, -0.1) is 0 Å². The average molecular weight is 376 g/mol. The Kier molecular flexibility index (Phi) is 5.61. The normalized spacial score (nSPS) is 13.9. The van der Waals surface area contributed by atoms with Crippen molar-refractivity contribution in [3.63, 3.8) is 0 Å². The van der Waals surface area contributed by atoms with E-state index in [4.69, 9.17) is 16.3 Å². The Morgan fingerprint density at radius 2 is 1.88 bits per heavy atom. The van der Waals surface area contributed by atoms with E-state index < -0.39 is 5.97 Å². The minimum absolute atomic E-state index is 0.144. The molecule has 138 valence electrons. The summed E-state index contributed by atoms with van der Waals surface area (Å²) in [5.74, 6) is -0.660. The maximum absolute atomic E-state index is 12.5. The molecule has 1 aromatic carbocycles. The molecule has 26 heavy (non-hydrogen) atoms. The Labute approximate surface area is 157 Å². The molecule has 0 N–H and O–H groups in total. The highest BCUT2D eigenvalue weighted by Gasteiger charge is 2.23. The maximum atomic E-state index is 12.5. The van der Waals surface area contributed by atoms with E-state index in [1.807, 2.05) is 31.2 Å². The third kappa shape index (κ3) is 3.90. The minimum atomic E-state index is -0.516. The lowest BCUT2D eigenvalue weighted by Gasteiger charge is -2.15. The molecule has 7 heteroatoms. The van der Waals surface area contributed by atoms with Crippen LogP contribution >= 0.6 is 11.6 Å². The van der Waals surface area contributed by atoms with Crippen molar-refractivity contribution < 1.29 is 14.3 Å².